The predicted octanol–water partition coefficient (Wildman–Crippen LogP) is -2.95. The third-order valence-corrected chi connectivity index (χ3v) is 1.73. The van der Waals surface area contributed by atoms with Crippen molar-refractivity contribution in [1.29, 1.82) is 0 Å². The van der Waals surface area contributed by atoms with Gasteiger partial charge in [0.2, 0.25) is 7.60 Å². The Hall–Kier alpha value is 0.620. The molecule has 0 aliphatic heterocycles. The summed E-state index contributed by atoms with van der Waals surface area (Å²) in [5.74, 6) is 0. The molecular formula is C5H11NNaO4P. The SMILES string of the molecule is CCCCNC(=O)P(=O)([O-])O.[Na+]. The number of hydrogen-bond acceptors (Lipinski definition) is 3. The second-order valence-electron chi connectivity index (χ2n) is 2.11. The van der Waals surface area contributed by atoms with E-state index >= 15 is 0 Å². The van der Waals surface area contributed by atoms with Crippen molar-refractivity contribution in [2.24, 2.45) is 0 Å². The Bertz CT molecular complexity index is 180. The predicted molar refractivity (Wildman–Crippen MR) is 38.1 cm³/mol. The first-order chi connectivity index (χ1) is 4.98. The number of nitrogens with one attached hydrogen (secondary N) is 1. The second kappa shape index (κ2) is 7.06. The van der Waals surface area contributed by atoms with E-state index in [2.05, 4.69) is 5.32 Å². The van der Waals surface area contributed by atoms with Crippen LogP contribution in [0.3, 0.4) is 0 Å². The van der Waals surface area contributed by atoms with Crippen LogP contribution in [-0.2, 0) is 4.57 Å². The van der Waals surface area contributed by atoms with Crippen LogP contribution in [0.5, 0.6) is 0 Å². The Labute approximate surface area is 93.4 Å². The van der Waals surface area contributed by atoms with Crippen LogP contribution in [0, 0.1) is 0 Å². The van der Waals surface area contributed by atoms with Crippen molar-refractivity contribution < 1.29 is 48.7 Å². The first-order valence-electron chi connectivity index (χ1n) is 3.30. The minimum absolute atomic E-state index is 0. The van der Waals surface area contributed by atoms with E-state index in [1.807, 2.05) is 6.92 Å². The molecule has 2 N–H and O–H groups in total. The van der Waals surface area contributed by atoms with E-state index in [4.69, 9.17) is 4.89 Å². The fourth-order valence-electron chi connectivity index (χ4n) is 0.472. The zero-order valence-electron chi connectivity index (χ0n) is 7.24. The van der Waals surface area contributed by atoms with Gasteiger partial charge in [0, 0.05) is 6.54 Å². The molecule has 0 rings (SSSR count). The minimum atomic E-state index is -4.80. The summed E-state index contributed by atoms with van der Waals surface area (Å²) in [5.41, 5.74) is -1.30. The van der Waals surface area contributed by atoms with Gasteiger partial charge in [-0.1, -0.05) is 13.3 Å². The third-order valence-electron chi connectivity index (χ3n) is 1.06. The zero-order chi connectivity index (χ0) is 8.91. The molecule has 0 saturated carbocycles. The molecular weight excluding hydrogens is 192 g/mol. The minimum Gasteiger partial charge on any atom is -0.772 e. The molecule has 12 heavy (non-hydrogen) atoms. The largest absolute Gasteiger partial charge is 1.00 e. The molecule has 1 atom stereocenters. The molecule has 0 spiro atoms. The van der Waals surface area contributed by atoms with E-state index in [0.29, 0.717) is 6.42 Å². The van der Waals surface area contributed by atoms with Gasteiger partial charge in [-0.25, -0.2) is 0 Å². The standard InChI is InChI=1S/C5H12NO4P.Na/c1-2-3-4-6-5(7)11(8,9)10;/h2-4H2,1H3,(H,6,7)(H2,8,9,10);/q;+1/p-1. The maximum atomic E-state index is 10.4. The molecule has 0 heterocycles. The number of amides is 1. The van der Waals surface area contributed by atoms with E-state index in [0.717, 1.165) is 6.42 Å². The molecule has 0 bridgehead atoms. The van der Waals surface area contributed by atoms with Gasteiger partial charge in [0.25, 0.3) is 5.65 Å². The van der Waals surface area contributed by atoms with Crippen molar-refractivity contribution in [3.63, 3.8) is 0 Å². The summed E-state index contributed by atoms with van der Waals surface area (Å²) in [4.78, 5) is 28.7. The fourth-order valence-corrected chi connectivity index (χ4v) is 0.784. The molecule has 0 aromatic rings. The van der Waals surface area contributed by atoms with E-state index in [1.165, 1.54) is 0 Å². The van der Waals surface area contributed by atoms with Gasteiger partial charge >= 0.3 is 29.6 Å². The Kier molecular flexibility index (Phi) is 8.89. The van der Waals surface area contributed by atoms with Crippen LogP contribution >= 0.6 is 7.60 Å². The molecule has 0 aliphatic rings. The van der Waals surface area contributed by atoms with Gasteiger partial charge in [-0.3, -0.25) is 9.36 Å². The van der Waals surface area contributed by atoms with Crippen LogP contribution in [0.4, 0.5) is 4.79 Å². The quantitative estimate of drug-likeness (QED) is 0.290. The van der Waals surface area contributed by atoms with Crippen LogP contribution in [0.15, 0.2) is 0 Å². The molecule has 0 aromatic heterocycles. The van der Waals surface area contributed by atoms with Gasteiger partial charge in [-0.2, -0.15) is 0 Å². The van der Waals surface area contributed by atoms with Crippen LogP contribution < -0.4 is 39.8 Å². The fraction of sp³-hybridized carbons (Fsp3) is 0.800. The van der Waals surface area contributed by atoms with Gasteiger partial charge in [-0.15, -0.1) is 0 Å². The summed E-state index contributed by atoms with van der Waals surface area (Å²) in [7, 11) is -4.80. The normalized spacial score (nSPS) is 14.2. The molecule has 0 aliphatic carbocycles. The summed E-state index contributed by atoms with van der Waals surface area (Å²) >= 11 is 0. The van der Waals surface area contributed by atoms with Crippen molar-refractivity contribution in [2.75, 3.05) is 6.54 Å². The number of rotatable bonds is 4. The van der Waals surface area contributed by atoms with Crippen molar-refractivity contribution in [3.8, 4) is 0 Å². The van der Waals surface area contributed by atoms with Crippen molar-refractivity contribution in [2.45, 2.75) is 19.8 Å². The van der Waals surface area contributed by atoms with Gasteiger partial charge in [0.15, 0.2) is 0 Å². The van der Waals surface area contributed by atoms with E-state index in [9.17, 15) is 14.3 Å². The van der Waals surface area contributed by atoms with Crippen LogP contribution in [-0.4, -0.2) is 17.1 Å². The molecule has 1 amide bonds. The Morgan fingerprint density at radius 3 is 2.50 bits per heavy atom. The summed E-state index contributed by atoms with van der Waals surface area (Å²) in [6, 6.07) is 0. The third kappa shape index (κ3) is 7.28. The monoisotopic (exact) mass is 203 g/mol. The topological polar surface area (TPSA) is 89.5 Å². The maximum Gasteiger partial charge on any atom is 1.00 e. The number of carbonyl (C=O) groups is 1. The molecule has 0 aromatic carbocycles. The summed E-state index contributed by atoms with van der Waals surface area (Å²) in [6.07, 6.45) is 1.56. The summed E-state index contributed by atoms with van der Waals surface area (Å²) in [5, 5.41) is 2.06. The van der Waals surface area contributed by atoms with Gasteiger partial charge in [0.1, 0.15) is 0 Å². The first kappa shape index (κ1) is 15.1. The molecule has 0 saturated heterocycles. The second-order valence-corrected chi connectivity index (χ2v) is 3.55. The van der Waals surface area contributed by atoms with Crippen molar-refractivity contribution >= 4 is 13.2 Å². The Morgan fingerprint density at radius 1 is 1.67 bits per heavy atom. The summed E-state index contributed by atoms with van der Waals surface area (Å²) < 4.78 is 10.1. The average molecular weight is 203 g/mol. The molecule has 7 heteroatoms. The van der Waals surface area contributed by atoms with Crippen LogP contribution in [0.1, 0.15) is 19.8 Å². The van der Waals surface area contributed by atoms with E-state index in [-0.39, 0.29) is 36.1 Å². The number of unbranched alkanes of at least 4 members (excludes halogenated alkanes) is 1. The van der Waals surface area contributed by atoms with Gasteiger partial charge in [0.05, 0.1) is 0 Å². The number of carbonyl (C=O) groups excluding carboxylic acids is 1. The average Bonchev–Trinajstić information content (AvgIpc) is 1.86. The molecule has 5 nitrogen and oxygen atoms in total. The Morgan fingerprint density at radius 2 is 2.17 bits per heavy atom. The van der Waals surface area contributed by atoms with E-state index in [1.54, 1.807) is 0 Å². The van der Waals surface area contributed by atoms with E-state index < -0.39 is 13.2 Å². The molecule has 0 fully saturated rings. The first-order valence-corrected chi connectivity index (χ1v) is 4.88. The molecule has 0 radical (unpaired) electrons. The summed E-state index contributed by atoms with van der Waals surface area (Å²) in [6.45, 7) is 2.18. The number of hydrogen-bond donors (Lipinski definition) is 2. The maximum absolute atomic E-state index is 10.4. The zero-order valence-corrected chi connectivity index (χ0v) is 10.1. The van der Waals surface area contributed by atoms with Gasteiger partial charge < -0.3 is 15.1 Å². The van der Waals surface area contributed by atoms with Crippen molar-refractivity contribution in [1.82, 2.24) is 5.32 Å². The van der Waals surface area contributed by atoms with Gasteiger partial charge in [-0.05, 0) is 6.42 Å². The smallest absolute Gasteiger partial charge is 0.772 e. The van der Waals surface area contributed by atoms with Crippen molar-refractivity contribution in [3.05, 3.63) is 0 Å². The van der Waals surface area contributed by atoms with Crippen LogP contribution in [0.25, 0.3) is 0 Å². The Balaban J connectivity index is 0. The van der Waals surface area contributed by atoms with Crippen LogP contribution in [0.2, 0.25) is 0 Å². The molecule has 1 unspecified atom stereocenters. The molecule has 66 valence electrons.